The Morgan fingerprint density at radius 1 is 1.61 bits per heavy atom. The molecule has 1 fully saturated rings. The molecule has 1 saturated heterocycles. The molecule has 7 heteroatoms. The van der Waals surface area contributed by atoms with Crippen LogP contribution in [0.3, 0.4) is 0 Å². The fourth-order valence-electron chi connectivity index (χ4n) is 2.18. The maximum atomic E-state index is 11.7. The minimum absolute atomic E-state index is 0.0315. The number of carbonyl (C=O) groups is 1. The number of nitrogens with one attached hydrogen (secondary N) is 1. The van der Waals surface area contributed by atoms with E-state index in [9.17, 15) is 4.79 Å². The predicted octanol–water partition coefficient (Wildman–Crippen LogP) is 0.675. The van der Waals surface area contributed by atoms with Crippen LogP contribution in [0.1, 0.15) is 12.8 Å². The standard InChI is InChI=1S/C11H16ClN5O/c1-14-11(18)7-3-2-4-17(5-7)10-8(12)9(13)15-6-16-10/h6-7H,2-5H2,1H3,(H,14,18)(H2,13,15,16). The molecule has 0 spiro atoms. The lowest BCUT2D eigenvalue weighted by Gasteiger charge is -2.33. The summed E-state index contributed by atoms with van der Waals surface area (Å²) in [4.78, 5) is 21.6. The summed E-state index contributed by atoms with van der Waals surface area (Å²) in [5.41, 5.74) is 5.66. The molecule has 1 aliphatic heterocycles. The number of nitrogens with zero attached hydrogens (tertiary/aromatic N) is 3. The topological polar surface area (TPSA) is 84.1 Å². The molecule has 98 valence electrons. The largest absolute Gasteiger partial charge is 0.382 e. The van der Waals surface area contributed by atoms with E-state index in [1.54, 1.807) is 7.05 Å². The Hall–Kier alpha value is -1.56. The second-order valence-corrected chi connectivity index (χ2v) is 4.67. The molecule has 0 aliphatic carbocycles. The molecule has 6 nitrogen and oxygen atoms in total. The number of halogens is 1. The van der Waals surface area contributed by atoms with Crippen LogP contribution in [0.2, 0.25) is 5.02 Å². The third kappa shape index (κ3) is 2.48. The van der Waals surface area contributed by atoms with E-state index in [4.69, 9.17) is 17.3 Å². The van der Waals surface area contributed by atoms with Crippen LogP contribution in [0, 0.1) is 5.92 Å². The van der Waals surface area contributed by atoms with Gasteiger partial charge in [-0.15, -0.1) is 0 Å². The summed E-state index contributed by atoms with van der Waals surface area (Å²) >= 11 is 6.10. The van der Waals surface area contributed by atoms with Crippen LogP contribution >= 0.6 is 11.6 Å². The molecule has 3 N–H and O–H groups in total. The first-order chi connectivity index (χ1) is 8.63. The molecule has 0 aromatic carbocycles. The van der Waals surface area contributed by atoms with Gasteiger partial charge in [-0.1, -0.05) is 11.6 Å². The zero-order valence-electron chi connectivity index (χ0n) is 10.2. The monoisotopic (exact) mass is 269 g/mol. The SMILES string of the molecule is CNC(=O)C1CCCN(c2ncnc(N)c2Cl)C1. The molecule has 2 rings (SSSR count). The van der Waals surface area contributed by atoms with Crippen molar-refractivity contribution < 1.29 is 4.79 Å². The van der Waals surface area contributed by atoms with Crippen LogP contribution in [-0.4, -0.2) is 36.0 Å². The van der Waals surface area contributed by atoms with Crippen molar-refractivity contribution in [3.05, 3.63) is 11.3 Å². The first-order valence-corrected chi connectivity index (χ1v) is 6.23. The van der Waals surface area contributed by atoms with E-state index in [0.29, 0.717) is 17.4 Å². The van der Waals surface area contributed by atoms with Crippen LogP contribution < -0.4 is 16.0 Å². The number of piperidine rings is 1. The number of anilines is 2. The van der Waals surface area contributed by atoms with E-state index in [1.165, 1.54) is 6.33 Å². The van der Waals surface area contributed by atoms with Crippen LogP contribution in [-0.2, 0) is 4.79 Å². The van der Waals surface area contributed by atoms with Crippen molar-refractivity contribution in [2.24, 2.45) is 5.92 Å². The quantitative estimate of drug-likeness (QED) is 0.825. The molecule has 1 aromatic heterocycles. The van der Waals surface area contributed by atoms with Gasteiger partial charge in [0.1, 0.15) is 17.2 Å². The Morgan fingerprint density at radius 2 is 2.39 bits per heavy atom. The van der Waals surface area contributed by atoms with Gasteiger partial charge < -0.3 is 16.0 Å². The van der Waals surface area contributed by atoms with Gasteiger partial charge in [-0.05, 0) is 12.8 Å². The van der Waals surface area contributed by atoms with E-state index in [1.807, 2.05) is 4.90 Å². The van der Waals surface area contributed by atoms with Gasteiger partial charge in [-0.25, -0.2) is 9.97 Å². The van der Waals surface area contributed by atoms with Crippen molar-refractivity contribution in [3.8, 4) is 0 Å². The summed E-state index contributed by atoms with van der Waals surface area (Å²) in [5.74, 6) is 0.898. The average Bonchev–Trinajstić information content (AvgIpc) is 2.41. The third-order valence-electron chi connectivity index (χ3n) is 3.14. The Kier molecular flexibility index (Phi) is 3.86. The van der Waals surface area contributed by atoms with E-state index in [0.717, 1.165) is 19.4 Å². The molecule has 1 unspecified atom stereocenters. The van der Waals surface area contributed by atoms with Gasteiger partial charge in [-0.3, -0.25) is 4.79 Å². The Balaban J connectivity index is 2.18. The van der Waals surface area contributed by atoms with Crippen LogP contribution in [0.15, 0.2) is 6.33 Å². The molecule has 1 amide bonds. The normalized spacial score (nSPS) is 19.7. The molecule has 0 bridgehead atoms. The van der Waals surface area contributed by atoms with E-state index in [-0.39, 0.29) is 17.6 Å². The summed E-state index contributed by atoms with van der Waals surface area (Å²) in [6.07, 6.45) is 3.20. The predicted molar refractivity (Wildman–Crippen MR) is 70.5 cm³/mol. The van der Waals surface area contributed by atoms with E-state index >= 15 is 0 Å². The molecule has 2 heterocycles. The first-order valence-electron chi connectivity index (χ1n) is 5.86. The molecule has 18 heavy (non-hydrogen) atoms. The highest BCUT2D eigenvalue weighted by molar-refractivity contribution is 6.35. The Morgan fingerprint density at radius 3 is 3.11 bits per heavy atom. The third-order valence-corrected chi connectivity index (χ3v) is 3.50. The second-order valence-electron chi connectivity index (χ2n) is 4.30. The molecule has 1 atom stereocenters. The van der Waals surface area contributed by atoms with Gasteiger partial charge in [0.05, 0.1) is 5.92 Å². The molecular formula is C11H16ClN5O. The number of amides is 1. The highest BCUT2D eigenvalue weighted by Gasteiger charge is 2.27. The summed E-state index contributed by atoms with van der Waals surface area (Å²) in [6, 6.07) is 0. The number of nitrogens with two attached hydrogens (primary N) is 1. The van der Waals surface area contributed by atoms with Gasteiger partial charge in [0.2, 0.25) is 5.91 Å². The van der Waals surface area contributed by atoms with Gasteiger partial charge in [0, 0.05) is 20.1 Å². The zero-order chi connectivity index (χ0) is 13.1. The maximum Gasteiger partial charge on any atom is 0.224 e. The van der Waals surface area contributed by atoms with E-state index in [2.05, 4.69) is 15.3 Å². The molecule has 1 aliphatic rings. The second kappa shape index (κ2) is 5.39. The fraction of sp³-hybridized carbons (Fsp3) is 0.545. The summed E-state index contributed by atoms with van der Waals surface area (Å²) in [7, 11) is 1.65. The molecule has 1 aromatic rings. The minimum atomic E-state index is -0.0315. The van der Waals surface area contributed by atoms with Gasteiger partial charge in [-0.2, -0.15) is 0 Å². The number of nitrogen functional groups attached to an aromatic ring is 1. The molecule has 0 saturated carbocycles. The van der Waals surface area contributed by atoms with Crippen molar-refractivity contribution in [3.63, 3.8) is 0 Å². The maximum absolute atomic E-state index is 11.7. The minimum Gasteiger partial charge on any atom is -0.382 e. The van der Waals surface area contributed by atoms with Gasteiger partial charge in [0.15, 0.2) is 5.82 Å². The average molecular weight is 270 g/mol. The lowest BCUT2D eigenvalue weighted by molar-refractivity contribution is -0.124. The van der Waals surface area contributed by atoms with Gasteiger partial charge in [0.25, 0.3) is 0 Å². The fourth-order valence-corrected chi connectivity index (χ4v) is 2.40. The Bertz CT molecular complexity index is 453. The van der Waals surface area contributed by atoms with Crippen molar-refractivity contribution in [1.29, 1.82) is 0 Å². The summed E-state index contributed by atoms with van der Waals surface area (Å²) in [5, 5.41) is 3.03. The van der Waals surface area contributed by atoms with Crippen molar-refractivity contribution in [2.45, 2.75) is 12.8 Å². The lowest BCUT2D eigenvalue weighted by Crippen LogP contribution is -2.42. The molecule has 0 radical (unpaired) electrons. The zero-order valence-corrected chi connectivity index (χ0v) is 10.9. The first kappa shape index (κ1) is 12.9. The van der Waals surface area contributed by atoms with Gasteiger partial charge >= 0.3 is 0 Å². The van der Waals surface area contributed by atoms with Crippen LogP contribution in [0.25, 0.3) is 0 Å². The van der Waals surface area contributed by atoms with Crippen molar-refractivity contribution in [1.82, 2.24) is 15.3 Å². The number of hydrogen-bond acceptors (Lipinski definition) is 5. The van der Waals surface area contributed by atoms with Crippen molar-refractivity contribution >= 4 is 29.1 Å². The van der Waals surface area contributed by atoms with Crippen molar-refractivity contribution in [2.75, 3.05) is 30.8 Å². The molecular weight excluding hydrogens is 254 g/mol. The van der Waals surface area contributed by atoms with Crippen LogP contribution in [0.5, 0.6) is 0 Å². The summed E-state index contributed by atoms with van der Waals surface area (Å²) < 4.78 is 0. The highest BCUT2D eigenvalue weighted by atomic mass is 35.5. The number of aromatic nitrogens is 2. The Labute approximate surface area is 111 Å². The smallest absolute Gasteiger partial charge is 0.224 e. The van der Waals surface area contributed by atoms with Crippen LogP contribution in [0.4, 0.5) is 11.6 Å². The number of hydrogen-bond donors (Lipinski definition) is 2. The van der Waals surface area contributed by atoms with E-state index < -0.39 is 0 Å². The number of rotatable bonds is 2. The lowest BCUT2D eigenvalue weighted by atomic mass is 9.97. The highest BCUT2D eigenvalue weighted by Crippen LogP contribution is 2.30. The summed E-state index contributed by atoms with van der Waals surface area (Å²) in [6.45, 7) is 1.43. The number of carbonyl (C=O) groups excluding carboxylic acids is 1.